The molecule has 6 nitrogen and oxygen atoms in total. The quantitative estimate of drug-likeness (QED) is 0.122. The van der Waals surface area contributed by atoms with Crippen molar-refractivity contribution in [3.8, 4) is 5.75 Å². The molecule has 1 atom stereocenters. The zero-order valence-corrected chi connectivity index (χ0v) is 26.3. The summed E-state index contributed by atoms with van der Waals surface area (Å²) in [6.07, 6.45) is 0. The van der Waals surface area contributed by atoms with E-state index in [2.05, 4.69) is 24.4 Å². The SMILES string of the molecule is CCNc1ccc(C(c2cc(COCc3ccc(OC)cc3)c(C)s2)C(C)(C)C(=O)OCc2ccccc2)c(C)c1N. The maximum Gasteiger partial charge on any atom is 0.312 e. The highest BCUT2D eigenvalue weighted by atomic mass is 32.1. The molecule has 1 aromatic heterocycles. The molecule has 42 heavy (non-hydrogen) atoms. The molecule has 3 aromatic carbocycles. The molecule has 1 unspecified atom stereocenters. The first-order chi connectivity index (χ1) is 20.1. The lowest BCUT2D eigenvalue weighted by molar-refractivity contribution is -0.156. The van der Waals surface area contributed by atoms with Crippen molar-refractivity contribution in [2.75, 3.05) is 24.7 Å². The molecule has 0 saturated heterocycles. The van der Waals surface area contributed by atoms with Crippen molar-refractivity contribution in [2.24, 2.45) is 5.41 Å². The van der Waals surface area contributed by atoms with Gasteiger partial charge in [-0.3, -0.25) is 4.79 Å². The second kappa shape index (κ2) is 13.9. The van der Waals surface area contributed by atoms with Gasteiger partial charge in [0, 0.05) is 22.2 Å². The minimum atomic E-state index is -0.871. The molecule has 0 saturated carbocycles. The Labute approximate surface area is 253 Å². The summed E-state index contributed by atoms with van der Waals surface area (Å²) in [5, 5.41) is 3.34. The minimum Gasteiger partial charge on any atom is -0.497 e. The number of hydrogen-bond acceptors (Lipinski definition) is 7. The Balaban J connectivity index is 1.63. The molecule has 4 aromatic rings. The number of nitrogens with one attached hydrogen (secondary N) is 1. The molecule has 0 bridgehead atoms. The number of carbonyl (C=O) groups excluding carboxylic acids is 1. The van der Waals surface area contributed by atoms with Gasteiger partial charge in [-0.1, -0.05) is 48.5 Å². The maximum atomic E-state index is 13.8. The Morgan fingerprint density at radius 2 is 1.64 bits per heavy atom. The number of methoxy groups -OCH3 is 1. The summed E-state index contributed by atoms with van der Waals surface area (Å²) in [6, 6.07) is 23.9. The van der Waals surface area contributed by atoms with Crippen molar-refractivity contribution >= 4 is 28.7 Å². The lowest BCUT2D eigenvalue weighted by atomic mass is 9.72. The number of aryl methyl sites for hydroxylation is 1. The van der Waals surface area contributed by atoms with Crippen molar-refractivity contribution in [3.05, 3.63) is 110 Å². The largest absolute Gasteiger partial charge is 0.497 e. The minimum absolute atomic E-state index is 0.226. The van der Waals surface area contributed by atoms with Crippen molar-refractivity contribution in [1.29, 1.82) is 0 Å². The van der Waals surface area contributed by atoms with Crippen LogP contribution in [0.4, 0.5) is 11.4 Å². The molecule has 3 N–H and O–H groups in total. The molecular formula is C35H42N2O4S. The van der Waals surface area contributed by atoms with Crippen LogP contribution in [0, 0.1) is 19.3 Å². The number of benzene rings is 3. The number of esters is 1. The van der Waals surface area contributed by atoms with Gasteiger partial charge >= 0.3 is 5.97 Å². The van der Waals surface area contributed by atoms with Gasteiger partial charge < -0.3 is 25.3 Å². The fourth-order valence-electron chi connectivity index (χ4n) is 5.16. The van der Waals surface area contributed by atoms with Crippen LogP contribution in [-0.2, 0) is 34.1 Å². The van der Waals surface area contributed by atoms with E-state index in [0.717, 1.165) is 55.6 Å². The number of thiophene rings is 1. The maximum absolute atomic E-state index is 13.8. The predicted molar refractivity (Wildman–Crippen MR) is 172 cm³/mol. The van der Waals surface area contributed by atoms with E-state index in [0.29, 0.717) is 18.9 Å². The highest BCUT2D eigenvalue weighted by molar-refractivity contribution is 7.12. The van der Waals surface area contributed by atoms with E-state index in [1.165, 1.54) is 0 Å². The first kappa shape index (κ1) is 31.1. The summed E-state index contributed by atoms with van der Waals surface area (Å²) in [7, 11) is 1.66. The first-order valence-electron chi connectivity index (χ1n) is 14.3. The van der Waals surface area contributed by atoms with Crippen LogP contribution in [0.2, 0.25) is 0 Å². The normalized spacial score (nSPS) is 12.1. The van der Waals surface area contributed by atoms with Crippen molar-refractivity contribution in [3.63, 3.8) is 0 Å². The lowest BCUT2D eigenvalue weighted by Crippen LogP contribution is -2.34. The first-order valence-corrected chi connectivity index (χ1v) is 15.1. The number of nitrogens with two attached hydrogens (primary N) is 1. The number of carbonyl (C=O) groups is 1. The van der Waals surface area contributed by atoms with Crippen molar-refractivity contribution in [1.82, 2.24) is 0 Å². The Morgan fingerprint density at radius 3 is 2.31 bits per heavy atom. The van der Waals surface area contributed by atoms with Gasteiger partial charge in [0.15, 0.2) is 0 Å². The van der Waals surface area contributed by atoms with E-state index in [9.17, 15) is 4.79 Å². The molecule has 4 rings (SSSR count). The Bertz CT molecular complexity index is 1480. The second-order valence-corrected chi connectivity index (χ2v) is 12.3. The molecule has 0 aliphatic heterocycles. The summed E-state index contributed by atoms with van der Waals surface area (Å²) in [5.74, 6) is 0.300. The van der Waals surface area contributed by atoms with Gasteiger partial charge in [-0.15, -0.1) is 11.3 Å². The third-order valence-electron chi connectivity index (χ3n) is 7.71. The monoisotopic (exact) mass is 586 g/mol. The Morgan fingerprint density at radius 1 is 0.952 bits per heavy atom. The topological polar surface area (TPSA) is 82.8 Å². The van der Waals surface area contributed by atoms with Crippen molar-refractivity contribution < 1.29 is 19.0 Å². The van der Waals surface area contributed by atoms with E-state index < -0.39 is 5.41 Å². The van der Waals surface area contributed by atoms with E-state index in [4.69, 9.17) is 19.9 Å². The van der Waals surface area contributed by atoms with Crippen LogP contribution in [0.15, 0.2) is 72.8 Å². The highest BCUT2D eigenvalue weighted by Gasteiger charge is 2.42. The van der Waals surface area contributed by atoms with Gasteiger partial charge in [-0.05, 0) is 86.7 Å². The Kier molecular flexibility index (Phi) is 10.3. The molecule has 0 aliphatic rings. The van der Waals surface area contributed by atoms with Crippen LogP contribution in [0.5, 0.6) is 5.75 Å². The summed E-state index contributed by atoms with van der Waals surface area (Å²) in [4.78, 5) is 16.0. The second-order valence-electron chi connectivity index (χ2n) is 11.1. The van der Waals surface area contributed by atoms with Crippen LogP contribution in [0.25, 0.3) is 0 Å². The molecule has 0 fully saturated rings. The van der Waals surface area contributed by atoms with Gasteiger partial charge in [0.05, 0.1) is 37.1 Å². The highest BCUT2D eigenvalue weighted by Crippen LogP contribution is 2.48. The van der Waals surface area contributed by atoms with Crippen LogP contribution in [0.3, 0.4) is 0 Å². The summed E-state index contributed by atoms with van der Waals surface area (Å²) >= 11 is 1.70. The number of ether oxygens (including phenoxy) is 3. The number of nitrogen functional groups attached to an aromatic ring is 1. The molecule has 222 valence electrons. The standard InChI is InChI=1S/C35H42N2O4S/c1-7-37-30-18-17-29(23(2)33(30)36)32(35(4,5)34(38)41-21-25-11-9-8-10-12-25)31-19-27(24(3)42-31)22-40-20-26-13-15-28(39-6)16-14-26/h8-19,32,37H,7,20-22,36H2,1-6H3. The third-order valence-corrected chi connectivity index (χ3v) is 8.86. The number of anilines is 2. The molecular weight excluding hydrogens is 544 g/mol. The zero-order chi connectivity index (χ0) is 30.3. The average molecular weight is 587 g/mol. The molecule has 1 heterocycles. The number of rotatable bonds is 13. The van der Waals surface area contributed by atoms with E-state index in [1.54, 1.807) is 18.4 Å². The molecule has 0 radical (unpaired) electrons. The Hall–Kier alpha value is -3.81. The molecule has 7 heteroatoms. The molecule has 0 amide bonds. The van der Waals surface area contributed by atoms with Gasteiger partial charge in [0.25, 0.3) is 0 Å². The summed E-state index contributed by atoms with van der Waals surface area (Å²) < 4.78 is 17.3. The number of hydrogen-bond donors (Lipinski definition) is 2. The molecule has 0 aliphatic carbocycles. The molecule has 0 spiro atoms. The van der Waals surface area contributed by atoms with Crippen LogP contribution >= 0.6 is 11.3 Å². The van der Waals surface area contributed by atoms with Crippen LogP contribution in [0.1, 0.15) is 64.3 Å². The van der Waals surface area contributed by atoms with E-state index in [1.807, 2.05) is 88.4 Å². The van der Waals surface area contributed by atoms with Crippen molar-refractivity contribution in [2.45, 2.75) is 60.4 Å². The van der Waals surface area contributed by atoms with Crippen LogP contribution in [-0.4, -0.2) is 19.6 Å². The summed E-state index contributed by atoms with van der Waals surface area (Å²) in [6.45, 7) is 12.1. The summed E-state index contributed by atoms with van der Waals surface area (Å²) in [5.41, 5.74) is 12.5. The van der Waals surface area contributed by atoms with Crippen LogP contribution < -0.4 is 15.8 Å². The third kappa shape index (κ3) is 7.15. The van der Waals surface area contributed by atoms with Gasteiger partial charge in [0.2, 0.25) is 0 Å². The smallest absolute Gasteiger partial charge is 0.312 e. The lowest BCUT2D eigenvalue weighted by Gasteiger charge is -2.33. The average Bonchev–Trinajstić information content (AvgIpc) is 3.35. The van der Waals surface area contributed by atoms with Gasteiger partial charge in [-0.25, -0.2) is 0 Å². The fourth-order valence-corrected chi connectivity index (χ4v) is 6.50. The van der Waals surface area contributed by atoms with E-state index >= 15 is 0 Å². The fraction of sp³-hybridized carbons (Fsp3) is 0.343. The zero-order valence-electron chi connectivity index (χ0n) is 25.5. The van der Waals surface area contributed by atoms with E-state index in [-0.39, 0.29) is 18.5 Å². The van der Waals surface area contributed by atoms with Gasteiger partial charge in [0.1, 0.15) is 12.4 Å². The predicted octanol–water partition coefficient (Wildman–Crippen LogP) is 8.01. The van der Waals surface area contributed by atoms with Gasteiger partial charge in [-0.2, -0.15) is 0 Å².